The minimum absolute atomic E-state index is 0.200. The van der Waals surface area contributed by atoms with Crippen LogP contribution >= 0.6 is 11.3 Å². The molecule has 2 unspecified atom stereocenters. The number of phenols is 1. The Balaban J connectivity index is 1.40. The predicted octanol–water partition coefficient (Wildman–Crippen LogP) is 3.39. The van der Waals surface area contributed by atoms with Crippen molar-refractivity contribution in [2.45, 2.75) is 37.8 Å². The first-order valence-corrected chi connectivity index (χ1v) is 9.67. The minimum atomic E-state index is 0.200. The van der Waals surface area contributed by atoms with Crippen LogP contribution in [0.2, 0.25) is 0 Å². The van der Waals surface area contributed by atoms with E-state index in [9.17, 15) is 5.11 Å². The second-order valence-electron chi connectivity index (χ2n) is 6.97. The first-order valence-electron chi connectivity index (χ1n) is 8.85. The Bertz CT molecular complexity index is 948. The van der Waals surface area contributed by atoms with Crippen LogP contribution in [0.1, 0.15) is 30.7 Å². The lowest BCUT2D eigenvalue weighted by atomic mass is 9.99. The van der Waals surface area contributed by atoms with Gasteiger partial charge in [-0.25, -0.2) is 4.98 Å². The molecule has 6 nitrogen and oxygen atoms in total. The van der Waals surface area contributed by atoms with Crippen LogP contribution in [0.25, 0.3) is 22.3 Å². The predicted molar refractivity (Wildman–Crippen MR) is 101 cm³/mol. The van der Waals surface area contributed by atoms with Gasteiger partial charge in [-0.05, 0) is 43.9 Å². The molecule has 3 aromatic rings. The molecule has 2 bridgehead atoms. The third kappa shape index (κ3) is 2.93. The van der Waals surface area contributed by atoms with E-state index in [1.54, 1.807) is 18.6 Å². The average Bonchev–Trinajstić information content (AvgIpc) is 3.37. The number of aromatic hydroxyl groups is 1. The molecular weight excluding hydrogens is 346 g/mol. The quantitative estimate of drug-likeness (QED) is 0.744. The van der Waals surface area contributed by atoms with Crippen molar-refractivity contribution >= 4 is 17.4 Å². The molecule has 0 radical (unpaired) electrons. The lowest BCUT2D eigenvalue weighted by molar-refractivity contribution is 0.476. The van der Waals surface area contributed by atoms with Crippen LogP contribution in [-0.2, 0) is 0 Å². The molecule has 2 atom stereocenters. The number of hydrogen-bond donors (Lipinski definition) is 2. The van der Waals surface area contributed by atoms with Crippen molar-refractivity contribution in [2.75, 3.05) is 0 Å². The third-order valence-corrected chi connectivity index (χ3v) is 6.04. The van der Waals surface area contributed by atoms with Crippen molar-refractivity contribution in [1.82, 2.24) is 25.1 Å². The van der Waals surface area contributed by atoms with E-state index in [-0.39, 0.29) is 5.75 Å². The number of piperidine rings is 1. The van der Waals surface area contributed by atoms with Gasteiger partial charge in [-0.15, -0.1) is 10.2 Å². The molecule has 2 aliphatic rings. The normalized spacial score (nSPS) is 21.9. The average molecular weight is 365 g/mol. The van der Waals surface area contributed by atoms with Gasteiger partial charge in [0.1, 0.15) is 10.8 Å². The molecule has 2 fully saturated rings. The van der Waals surface area contributed by atoms with Gasteiger partial charge in [-0.1, -0.05) is 16.9 Å². The van der Waals surface area contributed by atoms with Crippen LogP contribution in [0.15, 0.2) is 42.5 Å². The summed E-state index contributed by atoms with van der Waals surface area (Å²) >= 11 is 1.52. The molecule has 1 aromatic carbocycles. The Morgan fingerprint density at radius 1 is 1.19 bits per heavy atom. The Labute approximate surface area is 155 Å². The van der Waals surface area contributed by atoms with E-state index in [1.165, 1.54) is 29.8 Å². The van der Waals surface area contributed by atoms with Gasteiger partial charge in [0.2, 0.25) is 0 Å². The van der Waals surface area contributed by atoms with Gasteiger partial charge in [0, 0.05) is 30.5 Å². The molecule has 2 saturated heterocycles. The van der Waals surface area contributed by atoms with Crippen molar-refractivity contribution in [3.8, 4) is 22.0 Å². The van der Waals surface area contributed by atoms with Crippen molar-refractivity contribution in [3.05, 3.63) is 47.5 Å². The summed E-state index contributed by atoms with van der Waals surface area (Å²) in [5.41, 5.74) is 3.03. The van der Waals surface area contributed by atoms with Crippen molar-refractivity contribution in [3.63, 3.8) is 0 Å². The SMILES string of the molecule is Oc1cc(-n2ccnc2)ccc1-c1nnc(C=C2CC3CCC(C2)N3)s1. The summed E-state index contributed by atoms with van der Waals surface area (Å²) in [5.74, 6) is 0.200. The van der Waals surface area contributed by atoms with E-state index in [1.807, 2.05) is 22.9 Å². The lowest BCUT2D eigenvalue weighted by Gasteiger charge is -2.23. The van der Waals surface area contributed by atoms with Gasteiger partial charge in [0.05, 0.1) is 17.6 Å². The van der Waals surface area contributed by atoms with Crippen LogP contribution in [0.5, 0.6) is 5.75 Å². The Hall–Kier alpha value is -2.51. The number of aromatic nitrogens is 4. The first-order chi connectivity index (χ1) is 12.7. The molecule has 5 rings (SSSR count). The highest BCUT2D eigenvalue weighted by molar-refractivity contribution is 7.15. The standard InChI is InChI=1S/C19H19N5OS/c25-17-10-15(24-6-5-20-11-24)3-4-16(17)19-23-22-18(26-19)9-12-7-13-1-2-14(8-12)21-13/h3-6,9-11,13-14,21,25H,1-2,7-8H2. The van der Waals surface area contributed by atoms with Gasteiger partial charge in [-0.2, -0.15) is 0 Å². The number of nitrogens with zero attached hydrogens (tertiary/aromatic N) is 4. The van der Waals surface area contributed by atoms with E-state index >= 15 is 0 Å². The number of benzene rings is 1. The summed E-state index contributed by atoms with van der Waals surface area (Å²) in [6.45, 7) is 0. The molecule has 4 heterocycles. The highest BCUT2D eigenvalue weighted by Gasteiger charge is 2.30. The number of nitrogens with one attached hydrogen (secondary N) is 1. The Morgan fingerprint density at radius 2 is 2.04 bits per heavy atom. The zero-order chi connectivity index (χ0) is 17.5. The van der Waals surface area contributed by atoms with Gasteiger partial charge in [0.25, 0.3) is 0 Å². The molecule has 132 valence electrons. The summed E-state index contributed by atoms with van der Waals surface area (Å²) < 4.78 is 1.85. The highest BCUT2D eigenvalue weighted by Crippen LogP contribution is 2.35. The maximum Gasteiger partial charge on any atom is 0.151 e. The molecule has 0 saturated carbocycles. The van der Waals surface area contributed by atoms with Crippen LogP contribution in [0, 0.1) is 0 Å². The maximum absolute atomic E-state index is 10.4. The number of rotatable bonds is 3. The second kappa shape index (κ2) is 6.34. The second-order valence-corrected chi connectivity index (χ2v) is 7.97. The molecular formula is C19H19N5OS. The minimum Gasteiger partial charge on any atom is -0.507 e. The number of fused-ring (bicyclic) bond motifs is 2. The van der Waals surface area contributed by atoms with Gasteiger partial charge in [-0.3, -0.25) is 0 Å². The fourth-order valence-corrected chi connectivity index (χ4v) is 4.78. The Kier molecular flexibility index (Phi) is 3.83. The molecule has 0 spiro atoms. The maximum atomic E-state index is 10.4. The fraction of sp³-hybridized carbons (Fsp3) is 0.316. The van der Waals surface area contributed by atoms with E-state index < -0.39 is 0 Å². The first kappa shape index (κ1) is 15.7. The largest absolute Gasteiger partial charge is 0.507 e. The summed E-state index contributed by atoms with van der Waals surface area (Å²) in [7, 11) is 0. The number of imidazole rings is 1. The van der Waals surface area contributed by atoms with Gasteiger partial charge in [0.15, 0.2) is 5.01 Å². The zero-order valence-corrected chi connectivity index (χ0v) is 15.0. The topological polar surface area (TPSA) is 75.9 Å². The number of phenolic OH excluding ortho intramolecular Hbond substituents is 1. The van der Waals surface area contributed by atoms with Crippen LogP contribution in [-0.4, -0.2) is 36.9 Å². The van der Waals surface area contributed by atoms with E-state index in [0.29, 0.717) is 17.6 Å². The summed E-state index contributed by atoms with van der Waals surface area (Å²) in [4.78, 5) is 4.03. The highest BCUT2D eigenvalue weighted by atomic mass is 32.1. The van der Waals surface area contributed by atoms with Gasteiger partial charge >= 0.3 is 0 Å². The molecule has 26 heavy (non-hydrogen) atoms. The van der Waals surface area contributed by atoms with Crippen LogP contribution in [0.4, 0.5) is 0 Å². The summed E-state index contributed by atoms with van der Waals surface area (Å²) in [6, 6.07) is 6.81. The fourth-order valence-electron chi connectivity index (χ4n) is 3.91. The molecule has 0 amide bonds. The van der Waals surface area contributed by atoms with E-state index in [4.69, 9.17) is 0 Å². The molecule has 2 aliphatic heterocycles. The van der Waals surface area contributed by atoms with Crippen LogP contribution < -0.4 is 5.32 Å². The van der Waals surface area contributed by atoms with Crippen molar-refractivity contribution in [2.24, 2.45) is 0 Å². The van der Waals surface area contributed by atoms with E-state index in [2.05, 4.69) is 26.6 Å². The molecule has 0 aliphatic carbocycles. The third-order valence-electron chi connectivity index (χ3n) is 5.13. The van der Waals surface area contributed by atoms with Crippen molar-refractivity contribution in [1.29, 1.82) is 0 Å². The van der Waals surface area contributed by atoms with E-state index in [0.717, 1.165) is 28.5 Å². The molecule has 7 heteroatoms. The van der Waals surface area contributed by atoms with Gasteiger partial charge < -0.3 is 15.0 Å². The monoisotopic (exact) mass is 365 g/mol. The Morgan fingerprint density at radius 3 is 2.77 bits per heavy atom. The summed E-state index contributed by atoms with van der Waals surface area (Å²) in [5, 5.41) is 24.3. The summed E-state index contributed by atoms with van der Waals surface area (Å²) in [6.07, 6.45) is 12.2. The zero-order valence-electron chi connectivity index (χ0n) is 14.2. The van der Waals surface area contributed by atoms with Crippen molar-refractivity contribution < 1.29 is 5.11 Å². The molecule has 2 aromatic heterocycles. The lowest BCUT2D eigenvalue weighted by Crippen LogP contribution is -2.34. The smallest absolute Gasteiger partial charge is 0.151 e. The number of hydrogen-bond acceptors (Lipinski definition) is 6. The molecule has 2 N–H and O–H groups in total. The van der Waals surface area contributed by atoms with Crippen LogP contribution in [0.3, 0.4) is 0 Å².